The molecule has 0 fully saturated rings. The summed E-state index contributed by atoms with van der Waals surface area (Å²) in [6.45, 7) is 1.93. The first kappa shape index (κ1) is 16.1. The molecule has 6 nitrogen and oxygen atoms in total. The molecule has 118 valence electrons. The highest BCUT2D eigenvalue weighted by atomic mass is 32.1. The van der Waals surface area contributed by atoms with Crippen molar-refractivity contribution in [1.29, 1.82) is 0 Å². The van der Waals surface area contributed by atoms with E-state index in [1.807, 2.05) is 29.6 Å². The minimum atomic E-state index is -0.0182. The lowest BCUT2D eigenvalue weighted by Gasteiger charge is -2.11. The van der Waals surface area contributed by atoms with Crippen LogP contribution in [-0.2, 0) is 6.54 Å². The zero-order chi connectivity index (χ0) is 15.6. The maximum absolute atomic E-state index is 11.7. The van der Waals surface area contributed by atoms with Crippen LogP contribution in [0, 0.1) is 0 Å². The van der Waals surface area contributed by atoms with Crippen molar-refractivity contribution in [3.8, 4) is 0 Å². The Morgan fingerprint density at radius 1 is 1.23 bits per heavy atom. The third-order valence-corrected chi connectivity index (χ3v) is 3.78. The van der Waals surface area contributed by atoms with Crippen molar-refractivity contribution < 1.29 is 9.21 Å². The monoisotopic (exact) mass is 320 g/mol. The molecule has 0 saturated carbocycles. The maximum atomic E-state index is 11.7. The number of guanidine groups is 1. The van der Waals surface area contributed by atoms with Crippen LogP contribution in [0.2, 0.25) is 0 Å². The lowest BCUT2D eigenvalue weighted by molar-refractivity contribution is 0.0957. The van der Waals surface area contributed by atoms with Crippen LogP contribution < -0.4 is 16.0 Å². The first-order valence-corrected chi connectivity index (χ1v) is 7.96. The van der Waals surface area contributed by atoms with E-state index in [2.05, 4.69) is 20.9 Å². The Hall–Kier alpha value is -2.28. The van der Waals surface area contributed by atoms with E-state index < -0.39 is 0 Å². The van der Waals surface area contributed by atoms with Crippen LogP contribution in [0.15, 0.2) is 45.3 Å². The predicted octanol–water partition coefficient (Wildman–Crippen LogP) is 1.83. The summed E-state index contributed by atoms with van der Waals surface area (Å²) in [6, 6.07) is 7.44. The quantitative estimate of drug-likeness (QED) is 0.413. The third-order valence-electron chi connectivity index (χ3n) is 2.91. The number of furan rings is 1. The molecule has 0 saturated heterocycles. The smallest absolute Gasteiger partial charge is 0.261 e. The summed E-state index contributed by atoms with van der Waals surface area (Å²) in [6.07, 6.45) is 2.46. The normalized spacial score (nSPS) is 11.2. The van der Waals surface area contributed by atoms with Crippen LogP contribution in [0.4, 0.5) is 0 Å². The van der Waals surface area contributed by atoms with Crippen LogP contribution >= 0.6 is 11.3 Å². The Balaban J connectivity index is 1.57. The zero-order valence-electron chi connectivity index (χ0n) is 12.5. The molecule has 0 aromatic carbocycles. The number of hydrogen-bond acceptors (Lipinski definition) is 4. The SMILES string of the molecule is CN=C(NCCCNC(=O)c1cccs1)NCc1ccco1. The minimum Gasteiger partial charge on any atom is -0.467 e. The van der Waals surface area contributed by atoms with Gasteiger partial charge in [0.15, 0.2) is 5.96 Å². The highest BCUT2D eigenvalue weighted by Crippen LogP contribution is 2.07. The topological polar surface area (TPSA) is 78.7 Å². The molecule has 3 N–H and O–H groups in total. The highest BCUT2D eigenvalue weighted by Gasteiger charge is 2.04. The van der Waals surface area contributed by atoms with Gasteiger partial charge in [0.05, 0.1) is 17.7 Å². The molecule has 0 atom stereocenters. The van der Waals surface area contributed by atoms with Crippen LogP contribution in [0.3, 0.4) is 0 Å². The van der Waals surface area contributed by atoms with Crippen molar-refractivity contribution in [2.45, 2.75) is 13.0 Å². The molecule has 22 heavy (non-hydrogen) atoms. The van der Waals surface area contributed by atoms with E-state index in [9.17, 15) is 4.79 Å². The van der Waals surface area contributed by atoms with Gasteiger partial charge >= 0.3 is 0 Å². The summed E-state index contributed by atoms with van der Waals surface area (Å²) in [5.74, 6) is 1.54. The molecule has 7 heteroatoms. The Morgan fingerprint density at radius 2 is 2.09 bits per heavy atom. The number of hydrogen-bond donors (Lipinski definition) is 3. The predicted molar refractivity (Wildman–Crippen MR) is 88.2 cm³/mol. The summed E-state index contributed by atoms with van der Waals surface area (Å²) in [4.78, 5) is 16.6. The van der Waals surface area contributed by atoms with Gasteiger partial charge in [0.2, 0.25) is 0 Å². The largest absolute Gasteiger partial charge is 0.467 e. The lowest BCUT2D eigenvalue weighted by Crippen LogP contribution is -2.38. The van der Waals surface area contributed by atoms with E-state index in [4.69, 9.17) is 4.42 Å². The molecule has 2 aromatic rings. The number of carbonyl (C=O) groups is 1. The second-order valence-electron chi connectivity index (χ2n) is 4.52. The molecule has 0 unspecified atom stereocenters. The van der Waals surface area contributed by atoms with Gasteiger partial charge in [-0.1, -0.05) is 6.07 Å². The number of amides is 1. The Morgan fingerprint density at radius 3 is 2.77 bits per heavy atom. The number of carbonyl (C=O) groups excluding carboxylic acids is 1. The second-order valence-corrected chi connectivity index (χ2v) is 5.47. The van der Waals surface area contributed by atoms with Gasteiger partial charge in [-0.15, -0.1) is 11.3 Å². The van der Waals surface area contributed by atoms with Gasteiger partial charge in [-0.05, 0) is 30.0 Å². The van der Waals surface area contributed by atoms with E-state index in [0.29, 0.717) is 19.0 Å². The van der Waals surface area contributed by atoms with Gasteiger partial charge in [0.1, 0.15) is 5.76 Å². The average molecular weight is 320 g/mol. The summed E-state index contributed by atoms with van der Waals surface area (Å²) in [5.41, 5.74) is 0. The number of rotatable bonds is 7. The van der Waals surface area contributed by atoms with Crippen LogP contribution in [0.5, 0.6) is 0 Å². The van der Waals surface area contributed by atoms with Crippen molar-refractivity contribution in [1.82, 2.24) is 16.0 Å². The highest BCUT2D eigenvalue weighted by molar-refractivity contribution is 7.12. The van der Waals surface area contributed by atoms with Crippen molar-refractivity contribution in [3.63, 3.8) is 0 Å². The summed E-state index contributed by atoms with van der Waals surface area (Å²) >= 11 is 1.44. The fourth-order valence-electron chi connectivity index (χ4n) is 1.80. The van der Waals surface area contributed by atoms with Gasteiger partial charge in [0, 0.05) is 20.1 Å². The standard InChI is InChI=1S/C15H20N4O2S/c1-16-15(19-11-12-5-2-9-21-12)18-8-4-7-17-14(20)13-6-3-10-22-13/h2-3,5-6,9-10H,4,7-8,11H2,1H3,(H,17,20)(H2,16,18,19). The maximum Gasteiger partial charge on any atom is 0.261 e. The summed E-state index contributed by atoms with van der Waals surface area (Å²) < 4.78 is 5.24. The van der Waals surface area contributed by atoms with Crippen LogP contribution in [0.1, 0.15) is 21.9 Å². The lowest BCUT2D eigenvalue weighted by atomic mass is 10.4. The summed E-state index contributed by atoms with van der Waals surface area (Å²) in [7, 11) is 1.72. The van der Waals surface area contributed by atoms with Gasteiger partial charge in [-0.25, -0.2) is 0 Å². The zero-order valence-corrected chi connectivity index (χ0v) is 13.3. The molecule has 2 rings (SSSR count). The van der Waals surface area contributed by atoms with E-state index in [0.717, 1.165) is 23.6 Å². The number of nitrogens with one attached hydrogen (secondary N) is 3. The molecule has 1 amide bonds. The van der Waals surface area contributed by atoms with Gasteiger partial charge in [0.25, 0.3) is 5.91 Å². The van der Waals surface area contributed by atoms with E-state index >= 15 is 0 Å². The Labute approximate surface area is 133 Å². The molecule has 0 aliphatic rings. The van der Waals surface area contributed by atoms with Gasteiger partial charge in [-0.3, -0.25) is 9.79 Å². The molecule has 0 aliphatic heterocycles. The van der Waals surface area contributed by atoms with Crippen LogP contribution in [0.25, 0.3) is 0 Å². The van der Waals surface area contributed by atoms with Crippen LogP contribution in [-0.4, -0.2) is 32.0 Å². The fraction of sp³-hybridized carbons (Fsp3) is 0.333. The Kier molecular flexibility index (Phi) is 6.50. The fourth-order valence-corrected chi connectivity index (χ4v) is 2.44. The van der Waals surface area contributed by atoms with E-state index in [1.54, 1.807) is 13.3 Å². The Bertz CT molecular complexity index is 579. The van der Waals surface area contributed by atoms with E-state index in [1.165, 1.54) is 11.3 Å². The number of nitrogens with zero attached hydrogens (tertiary/aromatic N) is 1. The van der Waals surface area contributed by atoms with Crippen molar-refractivity contribution in [2.75, 3.05) is 20.1 Å². The van der Waals surface area contributed by atoms with Gasteiger partial charge in [-0.2, -0.15) is 0 Å². The van der Waals surface area contributed by atoms with Crippen molar-refractivity contribution in [2.24, 2.45) is 4.99 Å². The number of thiophene rings is 1. The molecular weight excluding hydrogens is 300 g/mol. The first-order chi connectivity index (χ1) is 10.8. The molecule has 2 heterocycles. The van der Waals surface area contributed by atoms with Crippen molar-refractivity contribution >= 4 is 23.2 Å². The first-order valence-electron chi connectivity index (χ1n) is 7.08. The molecule has 0 radical (unpaired) electrons. The summed E-state index contributed by atoms with van der Waals surface area (Å²) in [5, 5.41) is 11.1. The molecule has 0 bridgehead atoms. The second kappa shape index (κ2) is 8.89. The van der Waals surface area contributed by atoms with E-state index in [-0.39, 0.29) is 5.91 Å². The molecule has 0 spiro atoms. The third kappa shape index (κ3) is 5.25. The number of aliphatic imine (C=N–C) groups is 1. The average Bonchev–Trinajstić information content (AvgIpc) is 3.23. The molecule has 2 aromatic heterocycles. The minimum absolute atomic E-state index is 0.0182. The molecular formula is C15H20N4O2S. The molecule has 0 aliphatic carbocycles. The van der Waals surface area contributed by atoms with Gasteiger partial charge < -0.3 is 20.4 Å². The van der Waals surface area contributed by atoms with Crippen molar-refractivity contribution in [3.05, 3.63) is 46.5 Å².